The van der Waals surface area contributed by atoms with E-state index in [-0.39, 0.29) is 0 Å². The lowest BCUT2D eigenvalue weighted by atomic mass is 10.2. The molecule has 5 heteroatoms. The molecule has 0 saturated carbocycles. The van der Waals surface area contributed by atoms with Gasteiger partial charge in [-0.3, -0.25) is 5.10 Å². The largest absolute Gasteiger partial charge is 0.398 e. The minimum absolute atomic E-state index is 0.651. The molecule has 0 spiro atoms. The molecule has 0 bridgehead atoms. The summed E-state index contributed by atoms with van der Waals surface area (Å²) >= 11 is 2.23. The van der Waals surface area contributed by atoms with E-state index in [2.05, 4.69) is 37.8 Å². The van der Waals surface area contributed by atoms with Crippen molar-refractivity contribution in [2.45, 2.75) is 6.92 Å². The van der Waals surface area contributed by atoms with Gasteiger partial charge in [-0.15, -0.1) is 0 Å². The van der Waals surface area contributed by atoms with Gasteiger partial charge in [0.1, 0.15) is 5.82 Å². The number of anilines is 1. The van der Waals surface area contributed by atoms with Gasteiger partial charge in [0.2, 0.25) is 0 Å². The lowest BCUT2D eigenvalue weighted by Crippen LogP contribution is -1.92. The molecule has 0 aliphatic carbocycles. The Balaban J connectivity index is 2.55. The maximum absolute atomic E-state index is 5.83. The Morgan fingerprint density at radius 3 is 2.86 bits per heavy atom. The van der Waals surface area contributed by atoms with E-state index in [1.165, 1.54) is 0 Å². The first-order chi connectivity index (χ1) is 6.66. The Morgan fingerprint density at radius 1 is 1.43 bits per heavy atom. The molecule has 2 rings (SSSR count). The van der Waals surface area contributed by atoms with Gasteiger partial charge in [0.15, 0.2) is 5.82 Å². The molecule has 3 N–H and O–H groups in total. The van der Waals surface area contributed by atoms with Crippen LogP contribution in [0.4, 0.5) is 5.69 Å². The number of aromatic nitrogens is 3. The summed E-state index contributed by atoms with van der Waals surface area (Å²) in [6, 6.07) is 5.79. The van der Waals surface area contributed by atoms with Gasteiger partial charge < -0.3 is 5.73 Å². The standard InChI is InChI=1S/C9H9IN4/c1-5-12-9(14-13-5)7-4-6(10)2-3-8(7)11/h2-4H,11H2,1H3,(H,12,13,14). The summed E-state index contributed by atoms with van der Waals surface area (Å²) in [5.41, 5.74) is 7.41. The number of nitrogens with zero attached hydrogens (tertiary/aromatic N) is 2. The highest BCUT2D eigenvalue weighted by Gasteiger charge is 2.07. The van der Waals surface area contributed by atoms with E-state index in [1.807, 2.05) is 25.1 Å². The van der Waals surface area contributed by atoms with Gasteiger partial charge in [0.25, 0.3) is 0 Å². The van der Waals surface area contributed by atoms with Crippen molar-refractivity contribution in [3.8, 4) is 11.4 Å². The van der Waals surface area contributed by atoms with E-state index < -0.39 is 0 Å². The lowest BCUT2D eigenvalue weighted by Gasteiger charge is -2.01. The zero-order valence-electron chi connectivity index (χ0n) is 7.58. The molecule has 0 saturated heterocycles. The molecular weight excluding hydrogens is 291 g/mol. The summed E-state index contributed by atoms with van der Waals surface area (Å²) < 4.78 is 1.12. The topological polar surface area (TPSA) is 67.6 Å². The summed E-state index contributed by atoms with van der Waals surface area (Å²) in [6.45, 7) is 1.86. The molecule has 4 nitrogen and oxygen atoms in total. The lowest BCUT2D eigenvalue weighted by molar-refractivity contribution is 1.04. The highest BCUT2D eigenvalue weighted by Crippen LogP contribution is 2.24. The van der Waals surface area contributed by atoms with Gasteiger partial charge in [0.05, 0.1) is 0 Å². The number of aryl methyl sites for hydroxylation is 1. The van der Waals surface area contributed by atoms with Crippen LogP contribution in [0.2, 0.25) is 0 Å². The number of aromatic amines is 1. The number of nitrogens with two attached hydrogens (primary N) is 1. The smallest absolute Gasteiger partial charge is 0.183 e. The SMILES string of the molecule is Cc1nc(-c2cc(I)ccc2N)n[nH]1. The van der Waals surface area contributed by atoms with Crippen LogP contribution in [-0.2, 0) is 0 Å². The summed E-state index contributed by atoms with van der Waals surface area (Å²) in [4.78, 5) is 4.23. The number of hydrogen-bond donors (Lipinski definition) is 2. The van der Waals surface area contributed by atoms with Crippen LogP contribution in [0.1, 0.15) is 5.82 Å². The van der Waals surface area contributed by atoms with Gasteiger partial charge in [-0.25, -0.2) is 4.98 Å². The normalized spacial score (nSPS) is 10.4. The van der Waals surface area contributed by atoms with Crippen molar-refractivity contribution in [2.75, 3.05) is 5.73 Å². The van der Waals surface area contributed by atoms with Crippen molar-refractivity contribution in [3.63, 3.8) is 0 Å². The zero-order valence-corrected chi connectivity index (χ0v) is 9.74. The third kappa shape index (κ3) is 1.72. The number of nitrogen functional groups attached to an aromatic ring is 1. The second-order valence-electron chi connectivity index (χ2n) is 2.98. The molecule has 0 unspecified atom stereocenters. The van der Waals surface area contributed by atoms with Gasteiger partial charge in [0, 0.05) is 14.8 Å². The van der Waals surface area contributed by atoms with Crippen molar-refractivity contribution >= 4 is 28.3 Å². The van der Waals surface area contributed by atoms with Crippen LogP contribution < -0.4 is 5.73 Å². The fraction of sp³-hybridized carbons (Fsp3) is 0.111. The average molecular weight is 300 g/mol. The average Bonchev–Trinajstić information content (AvgIpc) is 2.56. The van der Waals surface area contributed by atoms with E-state index in [9.17, 15) is 0 Å². The number of H-pyrrole nitrogens is 1. The molecule has 0 atom stereocenters. The Hall–Kier alpha value is -1.11. The molecule has 14 heavy (non-hydrogen) atoms. The quantitative estimate of drug-likeness (QED) is 0.625. The maximum Gasteiger partial charge on any atom is 0.183 e. The van der Waals surface area contributed by atoms with Gasteiger partial charge in [-0.05, 0) is 47.7 Å². The van der Waals surface area contributed by atoms with Crippen LogP contribution in [0.15, 0.2) is 18.2 Å². The van der Waals surface area contributed by atoms with Crippen molar-refractivity contribution in [3.05, 3.63) is 27.6 Å². The molecule has 2 aromatic rings. The fourth-order valence-corrected chi connectivity index (χ4v) is 1.68. The molecule has 0 aliphatic heterocycles. The number of hydrogen-bond acceptors (Lipinski definition) is 3. The predicted octanol–water partition coefficient (Wildman–Crippen LogP) is 1.97. The van der Waals surface area contributed by atoms with Crippen LogP contribution >= 0.6 is 22.6 Å². The summed E-state index contributed by atoms with van der Waals surface area (Å²) in [5, 5.41) is 6.86. The second-order valence-corrected chi connectivity index (χ2v) is 4.22. The summed E-state index contributed by atoms with van der Waals surface area (Å²) in [7, 11) is 0. The number of nitrogens with one attached hydrogen (secondary N) is 1. The van der Waals surface area contributed by atoms with Gasteiger partial charge in [-0.1, -0.05) is 0 Å². The Bertz CT molecular complexity index is 464. The highest BCUT2D eigenvalue weighted by molar-refractivity contribution is 14.1. The Kier molecular flexibility index (Phi) is 2.40. The molecule has 0 amide bonds. The summed E-state index contributed by atoms with van der Waals surface area (Å²) in [5.74, 6) is 1.44. The van der Waals surface area contributed by atoms with Crippen LogP contribution in [0.5, 0.6) is 0 Å². The van der Waals surface area contributed by atoms with Crippen LogP contribution in [0.3, 0.4) is 0 Å². The Morgan fingerprint density at radius 2 is 2.21 bits per heavy atom. The molecule has 1 aromatic heterocycles. The van der Waals surface area contributed by atoms with E-state index >= 15 is 0 Å². The van der Waals surface area contributed by atoms with Crippen LogP contribution in [0.25, 0.3) is 11.4 Å². The molecule has 1 heterocycles. The van der Waals surface area contributed by atoms with Crippen molar-refractivity contribution in [1.82, 2.24) is 15.2 Å². The number of rotatable bonds is 1. The third-order valence-electron chi connectivity index (χ3n) is 1.85. The Labute approximate surface area is 95.1 Å². The van der Waals surface area contributed by atoms with Crippen LogP contribution in [0, 0.1) is 10.5 Å². The van der Waals surface area contributed by atoms with E-state index in [4.69, 9.17) is 5.73 Å². The van der Waals surface area contributed by atoms with Gasteiger partial charge >= 0.3 is 0 Å². The zero-order chi connectivity index (χ0) is 10.1. The van der Waals surface area contributed by atoms with Crippen molar-refractivity contribution in [2.24, 2.45) is 0 Å². The van der Waals surface area contributed by atoms with E-state index in [0.29, 0.717) is 11.5 Å². The number of halogens is 1. The predicted molar refractivity (Wildman–Crippen MR) is 63.7 cm³/mol. The fourth-order valence-electron chi connectivity index (χ4n) is 1.19. The first kappa shape index (κ1) is 9.45. The maximum atomic E-state index is 5.83. The second kappa shape index (κ2) is 3.56. The summed E-state index contributed by atoms with van der Waals surface area (Å²) in [6.07, 6.45) is 0. The van der Waals surface area contributed by atoms with Gasteiger partial charge in [-0.2, -0.15) is 5.10 Å². The minimum atomic E-state index is 0.651. The first-order valence-corrected chi connectivity index (χ1v) is 5.19. The minimum Gasteiger partial charge on any atom is -0.398 e. The molecule has 72 valence electrons. The molecular formula is C9H9IN4. The van der Waals surface area contributed by atoms with Crippen LogP contribution in [-0.4, -0.2) is 15.2 Å². The molecule has 0 radical (unpaired) electrons. The molecule has 0 fully saturated rings. The van der Waals surface area contributed by atoms with Crippen molar-refractivity contribution in [1.29, 1.82) is 0 Å². The first-order valence-electron chi connectivity index (χ1n) is 4.11. The van der Waals surface area contributed by atoms with Crippen molar-refractivity contribution < 1.29 is 0 Å². The van der Waals surface area contributed by atoms with E-state index in [1.54, 1.807) is 0 Å². The molecule has 1 aromatic carbocycles. The molecule has 0 aliphatic rings. The monoisotopic (exact) mass is 300 g/mol. The number of benzene rings is 1. The van der Waals surface area contributed by atoms with E-state index in [0.717, 1.165) is 15.0 Å². The highest BCUT2D eigenvalue weighted by atomic mass is 127. The third-order valence-corrected chi connectivity index (χ3v) is 2.52.